The summed E-state index contributed by atoms with van der Waals surface area (Å²) in [7, 11) is 1.98. The number of rotatable bonds is 12. The molecule has 3 heteroatoms. The van der Waals surface area contributed by atoms with Crippen molar-refractivity contribution in [2.45, 2.75) is 77.7 Å². The quantitative estimate of drug-likeness (QED) is 0.584. The molecule has 0 radical (unpaired) electrons. The average Bonchev–Trinajstić information content (AvgIpc) is 2.84. The lowest BCUT2D eigenvalue weighted by atomic mass is 10.0. The van der Waals surface area contributed by atoms with Crippen molar-refractivity contribution in [3.05, 3.63) is 18.0 Å². The molecule has 0 atom stereocenters. The van der Waals surface area contributed by atoms with Gasteiger partial charge in [-0.1, -0.05) is 52.4 Å². The predicted octanol–water partition coefficient (Wildman–Crippen LogP) is 4.08. The van der Waals surface area contributed by atoms with Crippen LogP contribution >= 0.6 is 0 Å². The van der Waals surface area contributed by atoms with Gasteiger partial charge in [0.1, 0.15) is 0 Å². The third-order valence-corrected chi connectivity index (χ3v) is 3.92. The molecule has 0 fully saturated rings. The van der Waals surface area contributed by atoms with Crippen molar-refractivity contribution in [2.75, 3.05) is 6.54 Å². The van der Waals surface area contributed by atoms with Crippen LogP contribution in [0.15, 0.2) is 12.4 Å². The minimum absolute atomic E-state index is 0.713. The minimum atomic E-state index is 0.713. The number of aryl methyl sites for hydroxylation is 1. The van der Waals surface area contributed by atoms with Gasteiger partial charge >= 0.3 is 0 Å². The second kappa shape index (κ2) is 10.9. The average molecular weight is 279 g/mol. The molecule has 1 rings (SSSR count). The first kappa shape index (κ1) is 17.2. The Morgan fingerprint density at radius 1 is 1.10 bits per heavy atom. The van der Waals surface area contributed by atoms with Crippen molar-refractivity contribution in [3.8, 4) is 0 Å². The maximum atomic E-state index is 4.22. The lowest BCUT2D eigenvalue weighted by Gasteiger charge is -2.18. The molecule has 0 saturated heterocycles. The van der Waals surface area contributed by atoms with Crippen LogP contribution in [-0.2, 0) is 13.5 Å². The summed E-state index contributed by atoms with van der Waals surface area (Å²) in [5.41, 5.74) is 1.33. The maximum absolute atomic E-state index is 4.22. The van der Waals surface area contributed by atoms with Crippen molar-refractivity contribution in [1.82, 2.24) is 15.1 Å². The highest BCUT2D eigenvalue weighted by molar-refractivity contribution is 5.03. The fraction of sp³-hybridized carbons (Fsp3) is 0.824. The molecule has 0 spiro atoms. The number of hydrogen-bond acceptors (Lipinski definition) is 2. The normalized spacial score (nSPS) is 11.4. The smallest absolute Gasteiger partial charge is 0.0522 e. The van der Waals surface area contributed by atoms with E-state index >= 15 is 0 Å². The molecule has 0 aliphatic rings. The van der Waals surface area contributed by atoms with Crippen molar-refractivity contribution < 1.29 is 0 Å². The van der Waals surface area contributed by atoms with Gasteiger partial charge in [0.15, 0.2) is 0 Å². The first-order valence-corrected chi connectivity index (χ1v) is 8.47. The van der Waals surface area contributed by atoms with Crippen LogP contribution < -0.4 is 5.32 Å². The monoisotopic (exact) mass is 279 g/mol. The Balaban J connectivity index is 2.23. The molecule has 1 N–H and O–H groups in total. The van der Waals surface area contributed by atoms with E-state index in [1.807, 2.05) is 17.9 Å². The standard InChI is InChI=1S/C17H33N3/c1-4-6-8-10-17(11-9-7-5-2)18-13-12-16-14-19-20(3)15-16/h14-15,17-18H,4-13H2,1-3H3. The van der Waals surface area contributed by atoms with Crippen LogP contribution in [0.4, 0.5) is 0 Å². The third kappa shape index (κ3) is 7.68. The van der Waals surface area contributed by atoms with Crippen LogP contribution in [0.3, 0.4) is 0 Å². The van der Waals surface area contributed by atoms with Crippen molar-refractivity contribution in [2.24, 2.45) is 7.05 Å². The van der Waals surface area contributed by atoms with Crippen LogP contribution in [0.2, 0.25) is 0 Å². The Kier molecular flexibility index (Phi) is 9.38. The Bertz CT molecular complexity index is 323. The van der Waals surface area contributed by atoms with E-state index in [9.17, 15) is 0 Å². The molecule has 1 aromatic rings. The van der Waals surface area contributed by atoms with E-state index in [1.54, 1.807) is 0 Å². The lowest BCUT2D eigenvalue weighted by Crippen LogP contribution is -2.30. The van der Waals surface area contributed by atoms with Gasteiger partial charge in [0.25, 0.3) is 0 Å². The van der Waals surface area contributed by atoms with Crippen LogP contribution in [0.25, 0.3) is 0 Å². The highest BCUT2D eigenvalue weighted by Gasteiger charge is 2.07. The molecule has 3 nitrogen and oxygen atoms in total. The highest BCUT2D eigenvalue weighted by atomic mass is 15.2. The van der Waals surface area contributed by atoms with Crippen LogP contribution in [-0.4, -0.2) is 22.4 Å². The van der Waals surface area contributed by atoms with Crippen LogP contribution in [0.1, 0.15) is 70.8 Å². The van der Waals surface area contributed by atoms with Gasteiger partial charge in [0.05, 0.1) is 6.20 Å². The summed E-state index contributed by atoms with van der Waals surface area (Å²) in [4.78, 5) is 0. The summed E-state index contributed by atoms with van der Waals surface area (Å²) < 4.78 is 1.88. The lowest BCUT2D eigenvalue weighted by molar-refractivity contribution is 0.421. The third-order valence-electron chi connectivity index (χ3n) is 3.92. The number of nitrogens with zero attached hydrogens (tertiary/aromatic N) is 2. The fourth-order valence-corrected chi connectivity index (χ4v) is 2.65. The van der Waals surface area contributed by atoms with Crippen molar-refractivity contribution in [3.63, 3.8) is 0 Å². The van der Waals surface area contributed by atoms with Gasteiger partial charge in [-0.25, -0.2) is 0 Å². The Morgan fingerprint density at radius 2 is 1.75 bits per heavy atom. The summed E-state index contributed by atoms with van der Waals surface area (Å²) >= 11 is 0. The number of aromatic nitrogens is 2. The number of unbranched alkanes of at least 4 members (excludes halogenated alkanes) is 4. The summed E-state index contributed by atoms with van der Waals surface area (Å²) in [6.45, 7) is 5.64. The predicted molar refractivity (Wildman–Crippen MR) is 87.0 cm³/mol. The van der Waals surface area contributed by atoms with Crippen molar-refractivity contribution in [1.29, 1.82) is 0 Å². The van der Waals surface area contributed by atoms with Gasteiger partial charge in [-0.3, -0.25) is 4.68 Å². The van der Waals surface area contributed by atoms with Gasteiger partial charge in [0, 0.05) is 19.3 Å². The van der Waals surface area contributed by atoms with Gasteiger partial charge < -0.3 is 5.32 Å². The molecular weight excluding hydrogens is 246 g/mol. The maximum Gasteiger partial charge on any atom is 0.0522 e. The van der Waals surface area contributed by atoms with Gasteiger partial charge in [-0.2, -0.15) is 5.10 Å². The molecule has 1 heterocycles. The molecule has 0 aliphatic carbocycles. The van der Waals surface area contributed by atoms with E-state index in [1.165, 1.54) is 56.9 Å². The molecular formula is C17H33N3. The Morgan fingerprint density at radius 3 is 2.25 bits per heavy atom. The first-order chi connectivity index (χ1) is 9.76. The molecule has 116 valence electrons. The molecule has 0 amide bonds. The van der Waals surface area contributed by atoms with Crippen LogP contribution in [0.5, 0.6) is 0 Å². The highest BCUT2D eigenvalue weighted by Crippen LogP contribution is 2.11. The van der Waals surface area contributed by atoms with Crippen molar-refractivity contribution >= 4 is 0 Å². The summed E-state index contributed by atoms with van der Waals surface area (Å²) in [6.07, 6.45) is 16.0. The van der Waals surface area contributed by atoms with Gasteiger partial charge in [-0.15, -0.1) is 0 Å². The molecule has 0 unspecified atom stereocenters. The molecule has 0 bridgehead atoms. The fourth-order valence-electron chi connectivity index (χ4n) is 2.65. The number of hydrogen-bond donors (Lipinski definition) is 1. The van der Waals surface area contributed by atoms with E-state index in [2.05, 4.69) is 30.5 Å². The molecule has 1 aromatic heterocycles. The molecule has 0 aromatic carbocycles. The first-order valence-electron chi connectivity index (χ1n) is 8.47. The minimum Gasteiger partial charge on any atom is -0.314 e. The SMILES string of the molecule is CCCCCC(CCCCC)NCCc1cnn(C)c1. The van der Waals surface area contributed by atoms with E-state index in [4.69, 9.17) is 0 Å². The van der Waals surface area contributed by atoms with E-state index < -0.39 is 0 Å². The summed E-state index contributed by atoms with van der Waals surface area (Å²) in [6, 6.07) is 0.713. The Hall–Kier alpha value is -0.830. The Labute approximate surface area is 125 Å². The van der Waals surface area contributed by atoms with E-state index in [-0.39, 0.29) is 0 Å². The zero-order valence-electron chi connectivity index (χ0n) is 13.7. The molecule has 0 aliphatic heterocycles. The topological polar surface area (TPSA) is 29.9 Å². The van der Waals surface area contributed by atoms with E-state index in [0.717, 1.165) is 13.0 Å². The summed E-state index contributed by atoms with van der Waals surface area (Å²) in [5.74, 6) is 0. The molecule has 0 saturated carbocycles. The van der Waals surface area contributed by atoms with Crippen LogP contribution in [0, 0.1) is 0 Å². The van der Waals surface area contributed by atoms with E-state index in [0.29, 0.717) is 6.04 Å². The molecule has 20 heavy (non-hydrogen) atoms. The second-order valence-corrected chi connectivity index (χ2v) is 5.91. The van der Waals surface area contributed by atoms with Gasteiger partial charge in [0.2, 0.25) is 0 Å². The second-order valence-electron chi connectivity index (χ2n) is 5.91. The number of nitrogens with one attached hydrogen (secondary N) is 1. The zero-order valence-corrected chi connectivity index (χ0v) is 13.7. The summed E-state index contributed by atoms with van der Waals surface area (Å²) in [5, 5.41) is 7.98. The van der Waals surface area contributed by atoms with Gasteiger partial charge in [-0.05, 0) is 31.4 Å². The zero-order chi connectivity index (χ0) is 14.6. The largest absolute Gasteiger partial charge is 0.314 e.